The molecule has 1 rings (SSSR count). The van der Waals surface area contributed by atoms with Crippen LogP contribution in [0.25, 0.3) is 0 Å². The molecule has 0 N–H and O–H groups in total. The molecule has 78 valence electrons. The van der Waals surface area contributed by atoms with Crippen molar-refractivity contribution in [3.63, 3.8) is 0 Å². The maximum atomic E-state index is 5.62. The van der Waals surface area contributed by atoms with Gasteiger partial charge in [0.25, 0.3) is 0 Å². The SMILES string of the molecule is COCCCOC1CC(Br)C1OC. The van der Waals surface area contributed by atoms with Crippen LogP contribution in [0.1, 0.15) is 12.8 Å². The zero-order valence-corrected chi connectivity index (χ0v) is 9.75. The highest BCUT2D eigenvalue weighted by Gasteiger charge is 2.40. The summed E-state index contributed by atoms with van der Waals surface area (Å²) >= 11 is 3.52. The third-order valence-corrected chi connectivity index (χ3v) is 3.17. The van der Waals surface area contributed by atoms with E-state index in [1.807, 2.05) is 0 Å². The quantitative estimate of drug-likeness (QED) is 0.531. The average molecular weight is 253 g/mol. The minimum absolute atomic E-state index is 0.225. The summed E-state index contributed by atoms with van der Waals surface area (Å²) in [6, 6.07) is 0. The molecule has 0 heterocycles. The van der Waals surface area contributed by atoms with Crippen LogP contribution < -0.4 is 0 Å². The Labute approximate surface area is 87.9 Å². The van der Waals surface area contributed by atoms with Gasteiger partial charge >= 0.3 is 0 Å². The van der Waals surface area contributed by atoms with E-state index in [4.69, 9.17) is 14.2 Å². The van der Waals surface area contributed by atoms with Crippen LogP contribution in [0.2, 0.25) is 0 Å². The third kappa shape index (κ3) is 3.20. The van der Waals surface area contributed by atoms with E-state index in [1.165, 1.54) is 0 Å². The van der Waals surface area contributed by atoms with Gasteiger partial charge in [0.15, 0.2) is 0 Å². The van der Waals surface area contributed by atoms with Gasteiger partial charge in [-0.05, 0) is 12.8 Å². The molecule has 0 aromatic carbocycles. The molecule has 0 amide bonds. The lowest BCUT2D eigenvalue weighted by molar-refractivity contribution is -0.108. The van der Waals surface area contributed by atoms with E-state index < -0.39 is 0 Å². The zero-order chi connectivity index (χ0) is 9.68. The van der Waals surface area contributed by atoms with Gasteiger partial charge in [0.2, 0.25) is 0 Å². The number of alkyl halides is 1. The van der Waals surface area contributed by atoms with Gasteiger partial charge in [0, 0.05) is 32.3 Å². The van der Waals surface area contributed by atoms with E-state index in [0.717, 1.165) is 26.1 Å². The Morgan fingerprint density at radius 3 is 2.62 bits per heavy atom. The highest BCUT2D eigenvalue weighted by atomic mass is 79.9. The molecule has 0 radical (unpaired) electrons. The van der Waals surface area contributed by atoms with Crippen LogP contribution in [0.5, 0.6) is 0 Å². The second kappa shape index (κ2) is 5.96. The van der Waals surface area contributed by atoms with Crippen molar-refractivity contribution in [3.8, 4) is 0 Å². The van der Waals surface area contributed by atoms with E-state index in [1.54, 1.807) is 14.2 Å². The fourth-order valence-electron chi connectivity index (χ4n) is 1.43. The molecule has 0 spiro atoms. The molecular weight excluding hydrogens is 236 g/mol. The Balaban J connectivity index is 2.03. The smallest absolute Gasteiger partial charge is 0.0958 e. The Morgan fingerprint density at radius 1 is 1.31 bits per heavy atom. The second-order valence-corrected chi connectivity index (χ2v) is 4.38. The van der Waals surface area contributed by atoms with E-state index in [0.29, 0.717) is 4.83 Å². The topological polar surface area (TPSA) is 27.7 Å². The fourth-order valence-corrected chi connectivity index (χ4v) is 2.35. The number of hydrogen-bond acceptors (Lipinski definition) is 3. The maximum Gasteiger partial charge on any atom is 0.0958 e. The molecule has 1 saturated carbocycles. The van der Waals surface area contributed by atoms with Crippen LogP contribution in [0.15, 0.2) is 0 Å². The molecular formula is C9H17BrO3. The van der Waals surface area contributed by atoms with Crippen molar-refractivity contribution in [1.82, 2.24) is 0 Å². The first-order chi connectivity index (χ1) is 6.29. The highest BCUT2D eigenvalue weighted by Crippen LogP contribution is 2.32. The van der Waals surface area contributed by atoms with Crippen LogP contribution in [0.4, 0.5) is 0 Å². The molecule has 1 fully saturated rings. The van der Waals surface area contributed by atoms with E-state index in [9.17, 15) is 0 Å². The molecule has 3 unspecified atom stereocenters. The normalized spacial score (nSPS) is 33.0. The summed E-state index contributed by atoms with van der Waals surface area (Å²) in [5, 5.41) is 0. The maximum absolute atomic E-state index is 5.62. The predicted octanol–water partition coefficient (Wildman–Crippen LogP) is 1.59. The van der Waals surface area contributed by atoms with Crippen molar-refractivity contribution in [1.29, 1.82) is 0 Å². The summed E-state index contributed by atoms with van der Waals surface area (Å²) in [5.74, 6) is 0. The summed E-state index contributed by atoms with van der Waals surface area (Å²) < 4.78 is 15.8. The molecule has 3 atom stereocenters. The molecule has 4 heteroatoms. The Hall–Kier alpha value is 0.360. The minimum Gasteiger partial charge on any atom is -0.385 e. The predicted molar refractivity (Wildman–Crippen MR) is 54.4 cm³/mol. The average Bonchev–Trinajstić information content (AvgIpc) is 2.11. The summed E-state index contributed by atoms with van der Waals surface area (Å²) in [4.78, 5) is 0.463. The second-order valence-electron chi connectivity index (χ2n) is 3.21. The highest BCUT2D eigenvalue weighted by molar-refractivity contribution is 9.09. The number of hydrogen-bond donors (Lipinski definition) is 0. The van der Waals surface area contributed by atoms with Crippen molar-refractivity contribution < 1.29 is 14.2 Å². The lowest BCUT2D eigenvalue weighted by atomic mass is 9.91. The van der Waals surface area contributed by atoms with Gasteiger partial charge in [-0.25, -0.2) is 0 Å². The molecule has 0 aromatic heterocycles. The van der Waals surface area contributed by atoms with Gasteiger partial charge in [0.05, 0.1) is 12.2 Å². The van der Waals surface area contributed by atoms with Crippen molar-refractivity contribution in [2.45, 2.75) is 29.9 Å². The number of methoxy groups -OCH3 is 2. The number of rotatable bonds is 6. The molecule has 1 aliphatic rings. The number of ether oxygens (including phenoxy) is 3. The van der Waals surface area contributed by atoms with Crippen LogP contribution in [-0.4, -0.2) is 44.5 Å². The van der Waals surface area contributed by atoms with E-state index >= 15 is 0 Å². The van der Waals surface area contributed by atoms with Gasteiger partial charge < -0.3 is 14.2 Å². The van der Waals surface area contributed by atoms with E-state index in [-0.39, 0.29) is 12.2 Å². The molecule has 0 saturated heterocycles. The summed E-state index contributed by atoms with van der Waals surface area (Å²) in [5.41, 5.74) is 0. The summed E-state index contributed by atoms with van der Waals surface area (Å²) in [7, 11) is 3.43. The van der Waals surface area contributed by atoms with Gasteiger partial charge in [-0.1, -0.05) is 15.9 Å². The molecule has 0 aliphatic heterocycles. The lowest BCUT2D eigenvalue weighted by Crippen LogP contribution is -2.50. The first kappa shape index (κ1) is 11.4. The number of halogens is 1. The molecule has 13 heavy (non-hydrogen) atoms. The van der Waals surface area contributed by atoms with Crippen LogP contribution >= 0.6 is 15.9 Å². The Kier molecular flexibility index (Phi) is 5.24. The first-order valence-electron chi connectivity index (χ1n) is 4.57. The zero-order valence-electron chi connectivity index (χ0n) is 8.16. The standard InChI is InChI=1S/C9H17BrO3/c1-11-4-3-5-13-8-6-7(10)9(8)12-2/h7-9H,3-6H2,1-2H3. The monoisotopic (exact) mass is 252 g/mol. The van der Waals surface area contributed by atoms with Gasteiger partial charge in [-0.3, -0.25) is 0 Å². The minimum atomic E-state index is 0.225. The van der Waals surface area contributed by atoms with Gasteiger partial charge in [-0.15, -0.1) is 0 Å². The molecule has 0 bridgehead atoms. The van der Waals surface area contributed by atoms with Crippen LogP contribution in [0, 0.1) is 0 Å². The van der Waals surface area contributed by atoms with Crippen molar-refractivity contribution in [2.24, 2.45) is 0 Å². The molecule has 0 aromatic rings. The third-order valence-electron chi connectivity index (χ3n) is 2.28. The Morgan fingerprint density at radius 2 is 2.08 bits per heavy atom. The van der Waals surface area contributed by atoms with E-state index in [2.05, 4.69) is 15.9 Å². The van der Waals surface area contributed by atoms with Crippen molar-refractivity contribution in [3.05, 3.63) is 0 Å². The summed E-state index contributed by atoms with van der Waals surface area (Å²) in [6.07, 6.45) is 2.50. The van der Waals surface area contributed by atoms with Gasteiger partial charge in [-0.2, -0.15) is 0 Å². The lowest BCUT2D eigenvalue weighted by Gasteiger charge is -2.40. The first-order valence-corrected chi connectivity index (χ1v) is 5.48. The van der Waals surface area contributed by atoms with Crippen LogP contribution in [0.3, 0.4) is 0 Å². The summed E-state index contributed by atoms with van der Waals surface area (Å²) in [6.45, 7) is 1.53. The fraction of sp³-hybridized carbons (Fsp3) is 1.00. The molecule has 3 nitrogen and oxygen atoms in total. The Bertz CT molecular complexity index is 143. The molecule has 1 aliphatic carbocycles. The van der Waals surface area contributed by atoms with Crippen molar-refractivity contribution >= 4 is 15.9 Å². The van der Waals surface area contributed by atoms with Crippen LogP contribution in [-0.2, 0) is 14.2 Å². The largest absolute Gasteiger partial charge is 0.385 e. The van der Waals surface area contributed by atoms with Crippen molar-refractivity contribution in [2.75, 3.05) is 27.4 Å². The van der Waals surface area contributed by atoms with Gasteiger partial charge in [0.1, 0.15) is 0 Å².